The number of hydrogen-bond acceptors (Lipinski definition) is 1. The fourth-order valence-electron chi connectivity index (χ4n) is 1.89. The maximum atomic E-state index is 13.1. The van der Waals surface area contributed by atoms with Crippen molar-refractivity contribution >= 4 is 5.69 Å². The van der Waals surface area contributed by atoms with Gasteiger partial charge in [-0.25, -0.2) is 8.78 Å². The highest BCUT2D eigenvalue weighted by Gasteiger charge is 2.10. The predicted molar refractivity (Wildman–Crippen MR) is 69.5 cm³/mol. The van der Waals surface area contributed by atoms with E-state index in [1.165, 1.54) is 6.07 Å². The maximum Gasteiger partial charge on any atom is 0.160 e. The Bertz CT molecular complexity index is 511. The van der Waals surface area contributed by atoms with Crippen molar-refractivity contribution in [3.8, 4) is 0 Å². The smallest absolute Gasteiger partial charge is 0.160 e. The predicted octanol–water partition coefficient (Wildman–Crippen LogP) is 4.53. The summed E-state index contributed by atoms with van der Waals surface area (Å²) in [5.74, 6) is -1.66. The molecule has 18 heavy (non-hydrogen) atoms. The standard InChI is InChI=1S/C15H15F2N/c1-2-15(11-6-4-3-5-7-11)18-12-8-9-13(16)14(17)10-12/h3-10,15,18H,2H2,1H3. The number of nitrogens with one attached hydrogen (secondary N) is 1. The topological polar surface area (TPSA) is 12.0 Å². The number of rotatable bonds is 4. The van der Waals surface area contributed by atoms with Crippen LogP contribution in [0.25, 0.3) is 0 Å². The van der Waals surface area contributed by atoms with Crippen LogP contribution in [0.15, 0.2) is 48.5 Å². The Kier molecular flexibility index (Phi) is 3.92. The maximum absolute atomic E-state index is 13.1. The van der Waals surface area contributed by atoms with Crippen molar-refractivity contribution in [2.75, 3.05) is 5.32 Å². The molecule has 1 N–H and O–H groups in total. The van der Waals surface area contributed by atoms with Gasteiger partial charge in [0.05, 0.1) is 6.04 Å². The van der Waals surface area contributed by atoms with Crippen molar-refractivity contribution in [1.82, 2.24) is 0 Å². The lowest BCUT2D eigenvalue weighted by Gasteiger charge is -2.18. The molecule has 0 radical (unpaired) electrons. The normalized spacial score (nSPS) is 12.2. The molecular weight excluding hydrogens is 232 g/mol. The van der Waals surface area contributed by atoms with Crippen molar-refractivity contribution < 1.29 is 8.78 Å². The Balaban J connectivity index is 2.18. The van der Waals surface area contributed by atoms with Crippen molar-refractivity contribution in [2.24, 2.45) is 0 Å². The summed E-state index contributed by atoms with van der Waals surface area (Å²) in [5, 5.41) is 3.21. The van der Waals surface area contributed by atoms with Crippen LogP contribution in [0, 0.1) is 11.6 Å². The second-order valence-electron chi connectivity index (χ2n) is 4.14. The molecule has 0 spiro atoms. The number of anilines is 1. The van der Waals surface area contributed by atoms with E-state index >= 15 is 0 Å². The molecular formula is C15H15F2N. The second-order valence-corrected chi connectivity index (χ2v) is 4.14. The van der Waals surface area contributed by atoms with Gasteiger partial charge in [-0.2, -0.15) is 0 Å². The summed E-state index contributed by atoms with van der Waals surface area (Å²) in [6.07, 6.45) is 0.864. The molecule has 0 fully saturated rings. The van der Waals surface area contributed by atoms with Crippen LogP contribution in [-0.2, 0) is 0 Å². The Morgan fingerprint density at radius 1 is 1.00 bits per heavy atom. The summed E-state index contributed by atoms with van der Waals surface area (Å²) in [7, 11) is 0. The summed E-state index contributed by atoms with van der Waals surface area (Å²) >= 11 is 0. The molecule has 0 aliphatic carbocycles. The van der Waals surface area contributed by atoms with Crippen molar-refractivity contribution in [3.63, 3.8) is 0 Å². The van der Waals surface area contributed by atoms with Gasteiger partial charge in [-0.05, 0) is 24.1 Å². The third-order valence-corrected chi connectivity index (χ3v) is 2.87. The molecule has 2 rings (SSSR count). The minimum absolute atomic E-state index is 0.0936. The lowest BCUT2D eigenvalue weighted by molar-refractivity contribution is 0.509. The second kappa shape index (κ2) is 5.63. The van der Waals surface area contributed by atoms with E-state index < -0.39 is 11.6 Å². The molecule has 0 heterocycles. The molecule has 0 bridgehead atoms. The molecule has 0 aromatic heterocycles. The first kappa shape index (κ1) is 12.6. The monoisotopic (exact) mass is 247 g/mol. The summed E-state index contributed by atoms with van der Waals surface area (Å²) in [6, 6.07) is 13.9. The molecule has 3 heteroatoms. The SMILES string of the molecule is CCC(Nc1ccc(F)c(F)c1)c1ccccc1. The van der Waals surface area contributed by atoms with Crippen LogP contribution in [0.4, 0.5) is 14.5 Å². The van der Waals surface area contributed by atoms with Crippen LogP contribution in [0.3, 0.4) is 0 Å². The van der Waals surface area contributed by atoms with E-state index in [-0.39, 0.29) is 6.04 Å². The van der Waals surface area contributed by atoms with E-state index in [2.05, 4.69) is 5.32 Å². The summed E-state index contributed by atoms with van der Waals surface area (Å²) in [6.45, 7) is 2.05. The average molecular weight is 247 g/mol. The molecule has 0 aliphatic rings. The molecule has 94 valence electrons. The summed E-state index contributed by atoms with van der Waals surface area (Å²) < 4.78 is 26.0. The molecule has 2 aromatic rings. The number of benzene rings is 2. The fraction of sp³-hybridized carbons (Fsp3) is 0.200. The highest BCUT2D eigenvalue weighted by Crippen LogP contribution is 2.23. The Morgan fingerprint density at radius 3 is 2.33 bits per heavy atom. The van der Waals surface area contributed by atoms with Crippen LogP contribution < -0.4 is 5.32 Å². The van der Waals surface area contributed by atoms with E-state index in [0.717, 1.165) is 18.1 Å². The molecule has 0 amide bonds. The van der Waals surface area contributed by atoms with Crippen molar-refractivity contribution in [2.45, 2.75) is 19.4 Å². The zero-order chi connectivity index (χ0) is 13.0. The molecule has 2 aromatic carbocycles. The quantitative estimate of drug-likeness (QED) is 0.837. The molecule has 0 saturated heterocycles. The molecule has 0 saturated carbocycles. The Labute approximate surface area is 105 Å². The number of hydrogen-bond donors (Lipinski definition) is 1. The van der Waals surface area contributed by atoms with E-state index in [4.69, 9.17) is 0 Å². The lowest BCUT2D eigenvalue weighted by Crippen LogP contribution is -2.09. The van der Waals surface area contributed by atoms with Gasteiger partial charge in [-0.3, -0.25) is 0 Å². The minimum Gasteiger partial charge on any atom is -0.378 e. The summed E-state index contributed by atoms with van der Waals surface area (Å²) in [5.41, 5.74) is 1.72. The largest absolute Gasteiger partial charge is 0.378 e. The van der Waals surface area contributed by atoms with Gasteiger partial charge in [-0.15, -0.1) is 0 Å². The first-order valence-corrected chi connectivity index (χ1v) is 5.97. The highest BCUT2D eigenvalue weighted by atomic mass is 19.2. The van der Waals surface area contributed by atoms with Gasteiger partial charge >= 0.3 is 0 Å². The Hall–Kier alpha value is -1.90. The molecule has 1 atom stereocenters. The summed E-state index contributed by atoms with van der Waals surface area (Å²) in [4.78, 5) is 0. The van der Waals surface area contributed by atoms with Crippen LogP contribution in [0.1, 0.15) is 24.9 Å². The van der Waals surface area contributed by atoms with Gasteiger partial charge in [0.25, 0.3) is 0 Å². The van der Waals surface area contributed by atoms with Crippen molar-refractivity contribution in [1.29, 1.82) is 0 Å². The minimum atomic E-state index is -0.831. The van der Waals surface area contributed by atoms with E-state index in [1.54, 1.807) is 6.07 Å². The zero-order valence-electron chi connectivity index (χ0n) is 10.2. The molecule has 1 unspecified atom stereocenters. The third-order valence-electron chi connectivity index (χ3n) is 2.87. The van der Waals surface area contributed by atoms with Crippen LogP contribution in [-0.4, -0.2) is 0 Å². The first-order valence-electron chi connectivity index (χ1n) is 5.97. The van der Waals surface area contributed by atoms with Gasteiger partial charge < -0.3 is 5.32 Å². The first-order chi connectivity index (χ1) is 8.70. The van der Waals surface area contributed by atoms with E-state index in [9.17, 15) is 8.78 Å². The Morgan fingerprint density at radius 2 is 1.72 bits per heavy atom. The van der Waals surface area contributed by atoms with Crippen LogP contribution in [0.5, 0.6) is 0 Å². The third kappa shape index (κ3) is 2.86. The molecule has 1 nitrogen and oxygen atoms in total. The number of halogens is 2. The van der Waals surface area contributed by atoms with Gasteiger partial charge in [-0.1, -0.05) is 37.3 Å². The van der Waals surface area contributed by atoms with E-state index in [1.807, 2.05) is 37.3 Å². The lowest BCUT2D eigenvalue weighted by atomic mass is 10.0. The van der Waals surface area contributed by atoms with Crippen LogP contribution in [0.2, 0.25) is 0 Å². The van der Waals surface area contributed by atoms with Crippen LogP contribution >= 0.6 is 0 Å². The fourth-order valence-corrected chi connectivity index (χ4v) is 1.89. The van der Waals surface area contributed by atoms with Gasteiger partial charge in [0.1, 0.15) is 0 Å². The average Bonchev–Trinajstić information content (AvgIpc) is 2.41. The van der Waals surface area contributed by atoms with Gasteiger partial charge in [0.15, 0.2) is 11.6 Å². The zero-order valence-corrected chi connectivity index (χ0v) is 10.2. The molecule has 0 aliphatic heterocycles. The van der Waals surface area contributed by atoms with E-state index in [0.29, 0.717) is 5.69 Å². The van der Waals surface area contributed by atoms with Crippen molar-refractivity contribution in [3.05, 3.63) is 65.7 Å². The van der Waals surface area contributed by atoms with Gasteiger partial charge in [0.2, 0.25) is 0 Å². The highest BCUT2D eigenvalue weighted by molar-refractivity contribution is 5.46. The van der Waals surface area contributed by atoms with Gasteiger partial charge in [0, 0.05) is 11.8 Å².